The number of anilines is 1. The van der Waals surface area contributed by atoms with Crippen molar-refractivity contribution in [2.24, 2.45) is 0 Å². The van der Waals surface area contributed by atoms with E-state index in [9.17, 15) is 9.59 Å². The average molecular weight is 445 g/mol. The van der Waals surface area contributed by atoms with Gasteiger partial charge in [-0.25, -0.2) is 4.98 Å². The van der Waals surface area contributed by atoms with Gasteiger partial charge in [-0.3, -0.25) is 14.5 Å². The number of likely N-dealkylation sites (N-methyl/N-ethyl adjacent to an activating group) is 1. The van der Waals surface area contributed by atoms with Crippen molar-refractivity contribution in [1.29, 1.82) is 0 Å². The molecule has 0 aliphatic heterocycles. The van der Waals surface area contributed by atoms with E-state index in [4.69, 9.17) is 21.1 Å². The third kappa shape index (κ3) is 5.15. The summed E-state index contributed by atoms with van der Waals surface area (Å²) in [4.78, 5) is 34.3. The van der Waals surface area contributed by atoms with Crippen molar-refractivity contribution in [2.75, 3.05) is 32.6 Å². The number of amides is 1. The second-order valence-corrected chi connectivity index (χ2v) is 7.41. The summed E-state index contributed by atoms with van der Waals surface area (Å²) < 4.78 is 10.6. The molecule has 3 aromatic rings. The SMILES string of the molecule is CCN(CC(=O)Nc1cccc(Cl)c1C)Cc1nc2cc(OC)c(OC)cc2c(=O)[nH]1. The number of methoxy groups -OCH3 is 2. The molecule has 0 unspecified atom stereocenters. The lowest BCUT2D eigenvalue weighted by Crippen LogP contribution is -2.34. The number of nitrogens with one attached hydrogen (secondary N) is 2. The Balaban J connectivity index is 1.78. The third-order valence-electron chi connectivity index (χ3n) is 4.99. The van der Waals surface area contributed by atoms with Crippen molar-refractivity contribution in [1.82, 2.24) is 14.9 Å². The molecule has 31 heavy (non-hydrogen) atoms. The number of benzene rings is 2. The van der Waals surface area contributed by atoms with Gasteiger partial charge < -0.3 is 19.8 Å². The van der Waals surface area contributed by atoms with Crippen LogP contribution in [0.4, 0.5) is 5.69 Å². The number of aromatic amines is 1. The van der Waals surface area contributed by atoms with Gasteiger partial charge in [-0.15, -0.1) is 0 Å². The normalized spacial score (nSPS) is 11.0. The van der Waals surface area contributed by atoms with E-state index < -0.39 is 0 Å². The predicted octanol–water partition coefficient (Wildman–Crippen LogP) is 3.36. The topological polar surface area (TPSA) is 96.6 Å². The Hall–Kier alpha value is -3.10. The van der Waals surface area contributed by atoms with Crippen LogP contribution in [0.5, 0.6) is 11.5 Å². The van der Waals surface area contributed by atoms with Crippen molar-refractivity contribution in [3.8, 4) is 11.5 Å². The number of aromatic nitrogens is 2. The highest BCUT2D eigenvalue weighted by molar-refractivity contribution is 6.31. The van der Waals surface area contributed by atoms with Gasteiger partial charge >= 0.3 is 0 Å². The highest BCUT2D eigenvalue weighted by Gasteiger charge is 2.15. The summed E-state index contributed by atoms with van der Waals surface area (Å²) in [7, 11) is 3.03. The molecule has 0 saturated heterocycles. The van der Waals surface area contributed by atoms with Crippen molar-refractivity contribution in [3.05, 3.63) is 57.1 Å². The first kappa shape index (κ1) is 22.6. The van der Waals surface area contributed by atoms with Gasteiger partial charge in [0.15, 0.2) is 11.5 Å². The Morgan fingerprint density at radius 3 is 2.61 bits per heavy atom. The van der Waals surface area contributed by atoms with E-state index in [0.717, 1.165) is 5.56 Å². The fourth-order valence-electron chi connectivity index (χ4n) is 3.22. The minimum Gasteiger partial charge on any atom is -0.493 e. The lowest BCUT2D eigenvalue weighted by molar-refractivity contribution is -0.117. The van der Waals surface area contributed by atoms with E-state index in [-0.39, 0.29) is 18.0 Å². The zero-order valence-electron chi connectivity index (χ0n) is 17.9. The Morgan fingerprint density at radius 2 is 1.94 bits per heavy atom. The minimum absolute atomic E-state index is 0.135. The Kier molecular flexibility index (Phi) is 7.14. The summed E-state index contributed by atoms with van der Waals surface area (Å²) in [6.07, 6.45) is 0. The first-order valence-corrected chi connectivity index (χ1v) is 10.2. The van der Waals surface area contributed by atoms with Crippen LogP contribution >= 0.6 is 11.6 Å². The van der Waals surface area contributed by atoms with Crippen LogP contribution < -0.4 is 20.3 Å². The van der Waals surface area contributed by atoms with E-state index in [1.54, 1.807) is 30.3 Å². The molecule has 9 heteroatoms. The van der Waals surface area contributed by atoms with Gasteiger partial charge in [0.2, 0.25) is 5.91 Å². The number of H-pyrrole nitrogens is 1. The third-order valence-corrected chi connectivity index (χ3v) is 5.40. The molecule has 1 amide bonds. The molecule has 164 valence electrons. The van der Waals surface area contributed by atoms with Gasteiger partial charge in [0.25, 0.3) is 5.56 Å². The summed E-state index contributed by atoms with van der Waals surface area (Å²) in [5, 5.41) is 3.88. The average Bonchev–Trinajstić information content (AvgIpc) is 2.75. The van der Waals surface area contributed by atoms with E-state index in [2.05, 4.69) is 15.3 Å². The fraction of sp³-hybridized carbons (Fsp3) is 0.318. The van der Waals surface area contributed by atoms with Gasteiger partial charge in [-0.05, 0) is 37.2 Å². The number of hydrogen-bond acceptors (Lipinski definition) is 6. The molecule has 2 aromatic carbocycles. The number of carbonyl (C=O) groups excluding carboxylic acids is 1. The monoisotopic (exact) mass is 444 g/mol. The second-order valence-electron chi connectivity index (χ2n) is 7.00. The summed E-state index contributed by atoms with van der Waals surface area (Å²) in [6.45, 7) is 4.82. The number of rotatable bonds is 8. The fourth-order valence-corrected chi connectivity index (χ4v) is 3.39. The standard InChI is InChI=1S/C22H25ClN4O4/c1-5-27(12-21(28)25-16-8-6-7-15(23)13(16)2)11-20-24-17-10-19(31-4)18(30-3)9-14(17)22(29)26-20/h6-10H,5,11-12H2,1-4H3,(H,25,28)(H,24,26,29). The van der Waals surface area contributed by atoms with E-state index in [1.165, 1.54) is 14.2 Å². The molecule has 0 aliphatic carbocycles. The van der Waals surface area contributed by atoms with Crippen molar-refractivity contribution in [3.63, 3.8) is 0 Å². The second kappa shape index (κ2) is 9.80. The van der Waals surface area contributed by atoms with Crippen molar-refractivity contribution >= 4 is 34.1 Å². The maximum Gasteiger partial charge on any atom is 0.258 e. The lowest BCUT2D eigenvalue weighted by atomic mass is 10.2. The molecule has 0 aliphatic rings. The van der Waals surface area contributed by atoms with E-state index in [0.29, 0.717) is 52.0 Å². The first-order valence-electron chi connectivity index (χ1n) is 9.78. The molecule has 2 N–H and O–H groups in total. The highest BCUT2D eigenvalue weighted by atomic mass is 35.5. The van der Waals surface area contributed by atoms with Crippen LogP contribution in [0.1, 0.15) is 18.3 Å². The molecule has 0 fully saturated rings. The Morgan fingerprint density at radius 1 is 1.23 bits per heavy atom. The van der Waals surface area contributed by atoms with Crippen LogP contribution in [0.3, 0.4) is 0 Å². The molecule has 3 rings (SSSR count). The molecule has 0 bridgehead atoms. The summed E-state index contributed by atoms with van der Waals surface area (Å²) in [5.41, 5.74) is 1.69. The molecular weight excluding hydrogens is 420 g/mol. The summed E-state index contributed by atoms with van der Waals surface area (Å²) >= 11 is 6.12. The molecule has 1 heterocycles. The molecule has 8 nitrogen and oxygen atoms in total. The summed E-state index contributed by atoms with van der Waals surface area (Å²) in [6, 6.07) is 8.63. The number of halogens is 1. The van der Waals surface area contributed by atoms with Gasteiger partial charge in [0.05, 0.1) is 38.2 Å². The number of hydrogen-bond donors (Lipinski definition) is 2. The van der Waals surface area contributed by atoms with Crippen molar-refractivity contribution in [2.45, 2.75) is 20.4 Å². The van der Waals surface area contributed by atoms with Gasteiger partial charge in [-0.1, -0.05) is 24.6 Å². The van der Waals surface area contributed by atoms with E-state index >= 15 is 0 Å². The molecule has 0 spiro atoms. The predicted molar refractivity (Wildman–Crippen MR) is 121 cm³/mol. The molecule has 0 atom stereocenters. The lowest BCUT2D eigenvalue weighted by Gasteiger charge is -2.20. The molecule has 0 radical (unpaired) electrons. The quantitative estimate of drug-likeness (QED) is 0.553. The smallest absolute Gasteiger partial charge is 0.258 e. The largest absolute Gasteiger partial charge is 0.493 e. The van der Waals surface area contributed by atoms with Gasteiger partial charge in [0, 0.05) is 16.8 Å². The van der Waals surface area contributed by atoms with Gasteiger partial charge in [-0.2, -0.15) is 0 Å². The molecular formula is C22H25ClN4O4. The first-order chi connectivity index (χ1) is 14.9. The number of carbonyl (C=O) groups is 1. The van der Waals surface area contributed by atoms with Crippen LogP contribution in [-0.2, 0) is 11.3 Å². The number of fused-ring (bicyclic) bond motifs is 1. The van der Waals surface area contributed by atoms with E-state index in [1.807, 2.05) is 18.7 Å². The van der Waals surface area contributed by atoms with Crippen molar-refractivity contribution < 1.29 is 14.3 Å². The van der Waals surface area contributed by atoms with Crippen LogP contribution in [0.25, 0.3) is 10.9 Å². The zero-order chi connectivity index (χ0) is 22.5. The Labute approximate surface area is 185 Å². The van der Waals surface area contributed by atoms with Crippen LogP contribution in [0.15, 0.2) is 35.1 Å². The van der Waals surface area contributed by atoms with Crippen LogP contribution in [0, 0.1) is 6.92 Å². The Bertz CT molecular complexity index is 1160. The van der Waals surface area contributed by atoms with Gasteiger partial charge in [0.1, 0.15) is 5.82 Å². The zero-order valence-corrected chi connectivity index (χ0v) is 18.7. The molecule has 1 aromatic heterocycles. The van der Waals surface area contributed by atoms with Crippen LogP contribution in [-0.4, -0.2) is 48.1 Å². The molecule has 0 saturated carbocycles. The number of ether oxygens (including phenoxy) is 2. The van der Waals surface area contributed by atoms with Crippen LogP contribution in [0.2, 0.25) is 5.02 Å². The minimum atomic E-state index is -0.281. The maximum absolute atomic E-state index is 12.6. The highest BCUT2D eigenvalue weighted by Crippen LogP contribution is 2.30. The summed E-state index contributed by atoms with van der Waals surface area (Å²) in [5.74, 6) is 1.22. The maximum atomic E-state index is 12.6. The number of nitrogens with zero attached hydrogens (tertiary/aromatic N) is 2.